The third kappa shape index (κ3) is 5.39. The normalized spacial score (nSPS) is 25.6. The third-order valence-corrected chi connectivity index (χ3v) is 10.1. The fourth-order valence-electron chi connectivity index (χ4n) is 2.98. The minimum atomic E-state index is -1.75. The summed E-state index contributed by atoms with van der Waals surface area (Å²) < 4.78 is 16.4. The molecule has 0 amide bonds. The van der Waals surface area contributed by atoms with E-state index < -0.39 is 20.2 Å². The molecule has 0 spiro atoms. The van der Waals surface area contributed by atoms with Crippen LogP contribution in [0.3, 0.4) is 0 Å². The minimum absolute atomic E-state index is 0.0216. The van der Waals surface area contributed by atoms with E-state index in [1.165, 1.54) is 7.11 Å². The fourth-order valence-corrected chi connectivity index (χ4v) is 4.06. The van der Waals surface area contributed by atoms with E-state index in [1.807, 2.05) is 0 Å². The first-order chi connectivity index (χ1) is 11.0. The Hall–Kier alpha value is -0.723. The van der Waals surface area contributed by atoms with Crippen molar-refractivity contribution in [1.29, 1.82) is 0 Å². The van der Waals surface area contributed by atoms with E-state index >= 15 is 0 Å². The maximum Gasteiger partial charge on any atom is 0.316 e. The molecule has 3 atom stereocenters. The number of esters is 1. The first kappa shape index (κ1) is 21.3. The van der Waals surface area contributed by atoms with Crippen LogP contribution in [0.25, 0.3) is 0 Å². The smallest absolute Gasteiger partial charge is 0.316 e. The number of Topliss-reactive ketones (excluding diaryl/α,β-unsaturated/α-hetero) is 1. The van der Waals surface area contributed by atoms with Crippen LogP contribution < -0.4 is 0 Å². The van der Waals surface area contributed by atoms with Crippen molar-refractivity contribution in [1.82, 2.24) is 0 Å². The van der Waals surface area contributed by atoms with Crippen molar-refractivity contribution in [2.45, 2.75) is 70.7 Å². The second-order valence-corrected chi connectivity index (χ2v) is 13.1. The third-order valence-electron chi connectivity index (χ3n) is 5.59. The quantitative estimate of drug-likeness (QED) is 0.301. The second kappa shape index (κ2) is 8.58. The summed E-state index contributed by atoms with van der Waals surface area (Å²) in [6.45, 7) is 11.8. The van der Waals surface area contributed by atoms with Crippen LogP contribution in [-0.4, -0.2) is 47.0 Å². The van der Waals surface area contributed by atoms with Gasteiger partial charge in [0, 0.05) is 20.1 Å². The van der Waals surface area contributed by atoms with Gasteiger partial charge in [0.2, 0.25) is 0 Å². The van der Waals surface area contributed by atoms with Gasteiger partial charge < -0.3 is 13.9 Å². The highest BCUT2D eigenvalue weighted by Crippen LogP contribution is 2.37. The molecule has 1 aliphatic carbocycles. The van der Waals surface area contributed by atoms with Crippen molar-refractivity contribution in [3.05, 3.63) is 0 Å². The zero-order valence-corrected chi connectivity index (χ0v) is 17.3. The van der Waals surface area contributed by atoms with E-state index in [4.69, 9.17) is 13.9 Å². The van der Waals surface area contributed by atoms with Gasteiger partial charge in [-0.25, -0.2) is 0 Å². The molecule has 0 saturated heterocycles. The zero-order chi connectivity index (χ0) is 18.5. The molecule has 6 heteroatoms. The average Bonchev–Trinajstić information content (AvgIpc) is 2.49. The molecule has 0 bridgehead atoms. The Morgan fingerprint density at radius 2 is 1.88 bits per heavy atom. The molecule has 0 heterocycles. The Balaban J connectivity index is 2.62. The van der Waals surface area contributed by atoms with Gasteiger partial charge in [0.1, 0.15) is 11.7 Å². The van der Waals surface area contributed by atoms with Gasteiger partial charge in [-0.15, -0.1) is 0 Å². The number of ketones is 1. The minimum Gasteiger partial charge on any atom is -0.468 e. The molecule has 1 fully saturated rings. The highest BCUT2D eigenvalue weighted by atomic mass is 28.4. The molecule has 0 aromatic rings. The molecule has 24 heavy (non-hydrogen) atoms. The van der Waals surface area contributed by atoms with E-state index in [0.29, 0.717) is 13.0 Å². The largest absolute Gasteiger partial charge is 0.468 e. The maximum absolute atomic E-state index is 12.3. The lowest BCUT2D eigenvalue weighted by Gasteiger charge is -2.37. The Labute approximate surface area is 147 Å². The first-order valence-corrected chi connectivity index (χ1v) is 11.7. The Bertz CT molecular complexity index is 441. The van der Waals surface area contributed by atoms with E-state index in [0.717, 1.165) is 19.3 Å². The number of methoxy groups -OCH3 is 2. The number of hydrogen-bond donors (Lipinski definition) is 0. The van der Waals surface area contributed by atoms with Crippen molar-refractivity contribution >= 4 is 20.1 Å². The summed E-state index contributed by atoms with van der Waals surface area (Å²) in [4.78, 5) is 24.3. The molecule has 0 radical (unpaired) electrons. The van der Waals surface area contributed by atoms with Crippen molar-refractivity contribution in [3.63, 3.8) is 0 Å². The van der Waals surface area contributed by atoms with Gasteiger partial charge in [-0.1, -0.05) is 20.8 Å². The molecule has 1 rings (SSSR count). The maximum atomic E-state index is 12.3. The molecule has 1 saturated carbocycles. The highest BCUT2D eigenvalue weighted by molar-refractivity contribution is 6.74. The number of rotatable bonds is 7. The number of carbonyl (C=O) groups is 2. The van der Waals surface area contributed by atoms with Crippen molar-refractivity contribution in [2.75, 3.05) is 20.8 Å². The molecule has 0 N–H and O–H groups in total. The lowest BCUT2D eigenvalue weighted by Crippen LogP contribution is -2.42. The molecule has 0 aliphatic heterocycles. The summed E-state index contributed by atoms with van der Waals surface area (Å²) in [6, 6.07) is 0. The standard InChI is InChI=1S/C18H34O5Si/c1-18(2,3)24(6,7)23-10-8-9-13-11-14(21-4)12-15(19)16(13)17(20)22-5/h13-14,16H,8-12H2,1-7H3. The van der Waals surface area contributed by atoms with Crippen LogP contribution in [0.15, 0.2) is 0 Å². The van der Waals surface area contributed by atoms with Crippen LogP contribution in [0.2, 0.25) is 18.1 Å². The lowest BCUT2D eigenvalue weighted by molar-refractivity contribution is -0.155. The molecular formula is C18H34O5Si. The monoisotopic (exact) mass is 358 g/mol. The van der Waals surface area contributed by atoms with Gasteiger partial charge in [0.15, 0.2) is 8.32 Å². The molecule has 0 aromatic heterocycles. The number of hydrogen-bond acceptors (Lipinski definition) is 5. The van der Waals surface area contributed by atoms with E-state index in [2.05, 4.69) is 33.9 Å². The summed E-state index contributed by atoms with van der Waals surface area (Å²) in [6.07, 6.45) is 2.55. The topological polar surface area (TPSA) is 61.8 Å². The van der Waals surface area contributed by atoms with E-state index in [-0.39, 0.29) is 22.8 Å². The summed E-state index contributed by atoms with van der Waals surface area (Å²) in [5.41, 5.74) is 0. The van der Waals surface area contributed by atoms with Gasteiger partial charge in [-0.05, 0) is 43.3 Å². The molecule has 140 valence electrons. The Morgan fingerprint density at radius 3 is 2.38 bits per heavy atom. The predicted octanol–water partition coefficient (Wildman–Crippen LogP) is 3.57. The SMILES string of the molecule is COC(=O)C1C(=O)CC(OC)CC1CCCO[Si](C)(C)C(C)(C)C. The van der Waals surface area contributed by atoms with Gasteiger partial charge >= 0.3 is 5.97 Å². The fraction of sp³-hybridized carbons (Fsp3) is 0.889. The van der Waals surface area contributed by atoms with Gasteiger partial charge in [-0.2, -0.15) is 0 Å². The molecule has 3 unspecified atom stereocenters. The van der Waals surface area contributed by atoms with Gasteiger partial charge in [-0.3, -0.25) is 9.59 Å². The number of ether oxygens (including phenoxy) is 2. The summed E-state index contributed by atoms with van der Waals surface area (Å²) in [5, 5.41) is 0.184. The average molecular weight is 359 g/mol. The van der Waals surface area contributed by atoms with Gasteiger partial charge in [0.25, 0.3) is 0 Å². The van der Waals surface area contributed by atoms with Crippen LogP contribution in [0.1, 0.15) is 46.5 Å². The summed E-state index contributed by atoms with van der Waals surface area (Å²) in [7, 11) is 1.21. The molecular weight excluding hydrogens is 324 g/mol. The van der Waals surface area contributed by atoms with E-state index in [9.17, 15) is 9.59 Å². The predicted molar refractivity (Wildman–Crippen MR) is 96.4 cm³/mol. The van der Waals surface area contributed by atoms with Crippen LogP contribution in [0.4, 0.5) is 0 Å². The van der Waals surface area contributed by atoms with Crippen LogP contribution >= 0.6 is 0 Å². The van der Waals surface area contributed by atoms with Crippen LogP contribution in [-0.2, 0) is 23.5 Å². The van der Waals surface area contributed by atoms with Crippen molar-refractivity contribution in [3.8, 4) is 0 Å². The summed E-state index contributed by atoms with van der Waals surface area (Å²) >= 11 is 0. The van der Waals surface area contributed by atoms with Crippen LogP contribution in [0, 0.1) is 11.8 Å². The zero-order valence-electron chi connectivity index (χ0n) is 16.3. The molecule has 0 aromatic carbocycles. The Kier molecular flexibility index (Phi) is 7.63. The van der Waals surface area contributed by atoms with Crippen LogP contribution in [0.5, 0.6) is 0 Å². The van der Waals surface area contributed by atoms with E-state index in [1.54, 1.807) is 7.11 Å². The van der Waals surface area contributed by atoms with Gasteiger partial charge in [0.05, 0.1) is 13.2 Å². The molecule has 5 nitrogen and oxygen atoms in total. The lowest BCUT2D eigenvalue weighted by atomic mass is 9.75. The summed E-state index contributed by atoms with van der Waals surface area (Å²) in [5.74, 6) is -1.14. The first-order valence-electron chi connectivity index (χ1n) is 8.80. The highest BCUT2D eigenvalue weighted by Gasteiger charge is 2.42. The van der Waals surface area contributed by atoms with Crippen molar-refractivity contribution in [2.24, 2.45) is 11.8 Å². The molecule has 1 aliphatic rings. The number of carbonyl (C=O) groups excluding carboxylic acids is 2. The van der Waals surface area contributed by atoms with Crippen molar-refractivity contribution < 1.29 is 23.5 Å². The Morgan fingerprint density at radius 1 is 1.25 bits per heavy atom. The second-order valence-electron chi connectivity index (χ2n) is 8.28.